The normalized spacial score (nSPS) is 21.5. The van der Waals surface area contributed by atoms with Gasteiger partial charge in [0, 0.05) is 29.9 Å². The van der Waals surface area contributed by atoms with E-state index in [0.29, 0.717) is 13.1 Å². The Morgan fingerprint density at radius 1 is 1.00 bits per heavy atom. The van der Waals surface area contributed by atoms with E-state index in [4.69, 9.17) is 4.74 Å². The van der Waals surface area contributed by atoms with Crippen LogP contribution < -0.4 is 4.74 Å². The Hall–Kier alpha value is -4.06. The lowest BCUT2D eigenvalue weighted by Gasteiger charge is -2.51. The third-order valence-electron chi connectivity index (χ3n) is 7.83. The van der Waals surface area contributed by atoms with Crippen LogP contribution in [0.3, 0.4) is 0 Å². The maximum Gasteiger partial charge on any atom is 0.255 e. The van der Waals surface area contributed by atoms with Crippen molar-refractivity contribution in [2.45, 2.75) is 31.8 Å². The molecule has 2 atom stereocenters. The molecule has 1 fully saturated rings. The largest absolute Gasteiger partial charge is 0.497 e. The molecule has 2 aliphatic heterocycles. The Morgan fingerprint density at radius 2 is 1.72 bits per heavy atom. The van der Waals surface area contributed by atoms with Crippen molar-refractivity contribution in [1.29, 1.82) is 0 Å². The number of aromatic nitrogens is 1. The molecule has 1 unspecified atom stereocenters. The van der Waals surface area contributed by atoms with Crippen LogP contribution in [-0.4, -0.2) is 46.8 Å². The van der Waals surface area contributed by atoms with E-state index in [1.165, 1.54) is 0 Å². The number of carbonyl (C=O) groups excluding carboxylic acids is 2. The van der Waals surface area contributed by atoms with Crippen molar-refractivity contribution < 1.29 is 14.3 Å². The quantitative estimate of drug-likeness (QED) is 0.461. The SMILES string of the molecule is COc1ccc(C2CN3C(=O)CN(Cc4ccc(C)cc4)C(=O)[C@]3(C)c3[nH]c4ccccc4c32)cc1. The average Bonchev–Trinajstić information content (AvgIpc) is 3.29. The van der Waals surface area contributed by atoms with Crippen molar-refractivity contribution in [3.63, 3.8) is 0 Å². The number of para-hydroxylation sites is 1. The van der Waals surface area contributed by atoms with Gasteiger partial charge in [-0.25, -0.2) is 0 Å². The van der Waals surface area contributed by atoms with Crippen LogP contribution in [-0.2, 0) is 21.7 Å². The standard InChI is InChI=1S/C30H29N3O3/c1-19-8-10-20(11-9-19)16-32-18-26(34)33-17-24(21-12-14-22(36-3)15-13-21)27-23-6-4-5-7-25(23)31-28(27)30(33,2)29(32)35/h4-15,24,31H,16-18H2,1-3H3/t24?,30-/m0/s1. The summed E-state index contributed by atoms with van der Waals surface area (Å²) in [6.45, 7) is 4.86. The van der Waals surface area contributed by atoms with Crippen molar-refractivity contribution in [2.75, 3.05) is 20.2 Å². The van der Waals surface area contributed by atoms with Crippen LogP contribution in [0.25, 0.3) is 10.9 Å². The van der Waals surface area contributed by atoms with Gasteiger partial charge in [-0.2, -0.15) is 0 Å². The van der Waals surface area contributed by atoms with Gasteiger partial charge in [0.25, 0.3) is 5.91 Å². The summed E-state index contributed by atoms with van der Waals surface area (Å²) in [5, 5.41) is 1.09. The number of ether oxygens (including phenoxy) is 1. The number of nitrogens with zero attached hydrogens (tertiary/aromatic N) is 2. The zero-order valence-electron chi connectivity index (χ0n) is 20.7. The van der Waals surface area contributed by atoms with E-state index >= 15 is 0 Å². The fraction of sp³-hybridized carbons (Fsp3) is 0.267. The molecule has 36 heavy (non-hydrogen) atoms. The van der Waals surface area contributed by atoms with Gasteiger partial charge >= 0.3 is 0 Å². The number of carbonyl (C=O) groups is 2. The maximum atomic E-state index is 14.2. The number of hydrogen-bond donors (Lipinski definition) is 1. The topological polar surface area (TPSA) is 65.6 Å². The summed E-state index contributed by atoms with van der Waals surface area (Å²) in [7, 11) is 1.65. The van der Waals surface area contributed by atoms with E-state index in [-0.39, 0.29) is 24.3 Å². The highest BCUT2D eigenvalue weighted by atomic mass is 16.5. The number of aryl methyl sites for hydroxylation is 1. The van der Waals surface area contributed by atoms with Gasteiger partial charge in [-0.1, -0.05) is 60.2 Å². The van der Waals surface area contributed by atoms with E-state index in [2.05, 4.69) is 23.2 Å². The summed E-state index contributed by atoms with van der Waals surface area (Å²) in [5.41, 5.74) is 5.04. The maximum absolute atomic E-state index is 14.2. The second-order valence-electron chi connectivity index (χ2n) is 10.0. The fourth-order valence-corrected chi connectivity index (χ4v) is 5.85. The van der Waals surface area contributed by atoms with Gasteiger partial charge in [-0.15, -0.1) is 0 Å². The van der Waals surface area contributed by atoms with Crippen LogP contribution in [0.4, 0.5) is 0 Å². The molecule has 6 rings (SSSR count). The molecule has 4 aromatic rings. The highest BCUT2D eigenvalue weighted by molar-refractivity contribution is 6.01. The average molecular weight is 480 g/mol. The predicted molar refractivity (Wildman–Crippen MR) is 139 cm³/mol. The lowest BCUT2D eigenvalue weighted by molar-refractivity contribution is -0.166. The zero-order valence-corrected chi connectivity index (χ0v) is 20.7. The minimum atomic E-state index is -1.10. The van der Waals surface area contributed by atoms with Crippen molar-refractivity contribution in [3.8, 4) is 5.75 Å². The molecule has 0 spiro atoms. The molecule has 6 nitrogen and oxygen atoms in total. The van der Waals surface area contributed by atoms with E-state index in [1.807, 2.05) is 68.4 Å². The lowest BCUT2D eigenvalue weighted by Crippen LogP contribution is -2.67. The third-order valence-corrected chi connectivity index (χ3v) is 7.83. The Labute approximate surface area is 210 Å². The number of hydrogen-bond acceptors (Lipinski definition) is 3. The van der Waals surface area contributed by atoms with Crippen molar-refractivity contribution in [3.05, 3.63) is 101 Å². The number of H-pyrrole nitrogens is 1. The molecular formula is C30H29N3O3. The van der Waals surface area contributed by atoms with Crippen molar-refractivity contribution in [1.82, 2.24) is 14.8 Å². The van der Waals surface area contributed by atoms with Crippen LogP contribution in [0, 0.1) is 6.92 Å². The van der Waals surface area contributed by atoms with Crippen molar-refractivity contribution >= 4 is 22.7 Å². The van der Waals surface area contributed by atoms with Crippen molar-refractivity contribution in [2.24, 2.45) is 0 Å². The number of methoxy groups -OCH3 is 1. The summed E-state index contributed by atoms with van der Waals surface area (Å²) in [6, 6.07) is 24.3. The summed E-state index contributed by atoms with van der Waals surface area (Å²) in [4.78, 5) is 34.8. The first kappa shape index (κ1) is 22.4. The minimum absolute atomic E-state index is 0.0352. The number of aromatic amines is 1. The van der Waals surface area contributed by atoms with E-state index in [1.54, 1.807) is 16.9 Å². The number of rotatable bonds is 4. The molecule has 2 aliphatic rings. The minimum Gasteiger partial charge on any atom is -0.497 e. The summed E-state index contributed by atoms with van der Waals surface area (Å²) >= 11 is 0. The van der Waals surface area contributed by atoms with Gasteiger partial charge < -0.3 is 19.5 Å². The van der Waals surface area contributed by atoms with Crippen LogP contribution in [0.15, 0.2) is 72.8 Å². The first-order valence-corrected chi connectivity index (χ1v) is 12.3. The Kier molecular flexibility index (Phi) is 5.14. The molecule has 3 heterocycles. The lowest BCUT2D eigenvalue weighted by atomic mass is 9.76. The molecule has 0 aliphatic carbocycles. The zero-order chi connectivity index (χ0) is 25.0. The Morgan fingerprint density at radius 3 is 2.44 bits per heavy atom. The molecule has 0 radical (unpaired) electrons. The first-order chi connectivity index (χ1) is 17.4. The molecule has 0 bridgehead atoms. The van der Waals surface area contributed by atoms with Crippen LogP contribution in [0.2, 0.25) is 0 Å². The number of piperazine rings is 1. The third kappa shape index (κ3) is 3.32. The monoisotopic (exact) mass is 479 g/mol. The van der Waals surface area contributed by atoms with Crippen LogP contribution in [0.5, 0.6) is 5.75 Å². The fourth-order valence-electron chi connectivity index (χ4n) is 5.85. The molecule has 182 valence electrons. The molecular weight excluding hydrogens is 450 g/mol. The second-order valence-corrected chi connectivity index (χ2v) is 10.0. The van der Waals surface area contributed by atoms with Crippen LogP contribution in [0.1, 0.15) is 40.8 Å². The molecule has 6 heteroatoms. The Bertz CT molecular complexity index is 1470. The van der Waals surface area contributed by atoms with E-state index < -0.39 is 5.54 Å². The van der Waals surface area contributed by atoms with Gasteiger partial charge in [-0.3, -0.25) is 9.59 Å². The Balaban J connectivity index is 1.48. The highest BCUT2D eigenvalue weighted by Crippen LogP contribution is 2.48. The molecule has 2 amide bonds. The summed E-state index contributed by atoms with van der Waals surface area (Å²) in [5.74, 6) is 0.640. The number of benzene rings is 3. The second kappa shape index (κ2) is 8.26. The molecule has 0 saturated carbocycles. The van der Waals surface area contributed by atoms with Crippen LogP contribution >= 0.6 is 0 Å². The first-order valence-electron chi connectivity index (χ1n) is 12.3. The summed E-state index contributed by atoms with van der Waals surface area (Å²) < 4.78 is 5.36. The van der Waals surface area contributed by atoms with Gasteiger partial charge in [0.05, 0.1) is 12.8 Å². The van der Waals surface area contributed by atoms with E-state index in [0.717, 1.165) is 44.6 Å². The number of nitrogens with one attached hydrogen (secondary N) is 1. The van der Waals surface area contributed by atoms with Gasteiger partial charge in [0.2, 0.25) is 5.91 Å². The van der Waals surface area contributed by atoms with Gasteiger partial charge in [-0.05, 0) is 48.7 Å². The van der Waals surface area contributed by atoms with Gasteiger partial charge in [0.15, 0.2) is 5.54 Å². The molecule has 1 N–H and O–H groups in total. The molecule has 3 aromatic carbocycles. The molecule has 1 saturated heterocycles. The van der Waals surface area contributed by atoms with Gasteiger partial charge in [0.1, 0.15) is 12.3 Å². The highest BCUT2D eigenvalue weighted by Gasteiger charge is 2.56. The number of amides is 2. The van der Waals surface area contributed by atoms with E-state index in [9.17, 15) is 9.59 Å². The number of fused-ring (bicyclic) bond motifs is 5. The summed E-state index contributed by atoms with van der Waals surface area (Å²) in [6.07, 6.45) is 0. The predicted octanol–water partition coefficient (Wildman–Crippen LogP) is 4.72. The molecule has 1 aromatic heterocycles. The smallest absolute Gasteiger partial charge is 0.255 e.